The molecule has 1 N–H and O–H groups in total. The Hall–Kier alpha value is -2.87. The Labute approximate surface area is 213 Å². The minimum Gasteiger partial charge on any atom is -0.384 e. The number of halogens is 4. The topological polar surface area (TPSA) is 59.3 Å². The largest absolute Gasteiger partial charge is 0.433 e. The molecular formula is C27H30ClF3N4O. The number of aromatic nitrogens is 2. The van der Waals surface area contributed by atoms with Gasteiger partial charge >= 0.3 is 6.18 Å². The predicted octanol–water partition coefficient (Wildman–Crippen LogP) is 7.50. The van der Waals surface area contributed by atoms with Crippen molar-refractivity contribution < 1.29 is 18.0 Å². The number of benzene rings is 1. The maximum atomic E-state index is 13.4. The number of amides is 1. The second kappa shape index (κ2) is 10.6. The Morgan fingerprint density at radius 3 is 2.78 bits per heavy atom. The molecule has 4 rings (SSSR count). The summed E-state index contributed by atoms with van der Waals surface area (Å²) in [5, 5.41) is 4.21. The van der Waals surface area contributed by atoms with Crippen LogP contribution in [0.25, 0.3) is 10.9 Å². The summed E-state index contributed by atoms with van der Waals surface area (Å²) >= 11 is 6.10. The first kappa shape index (κ1) is 26.2. The molecule has 1 aliphatic rings. The Kier molecular flexibility index (Phi) is 7.73. The summed E-state index contributed by atoms with van der Waals surface area (Å²) in [6, 6.07) is 5.71. The highest BCUT2D eigenvalue weighted by molar-refractivity contribution is 6.31. The zero-order valence-electron chi connectivity index (χ0n) is 20.6. The summed E-state index contributed by atoms with van der Waals surface area (Å²) in [7, 11) is 1.89. The number of hydrogen-bond acceptors (Lipinski definition) is 3. The van der Waals surface area contributed by atoms with Gasteiger partial charge in [-0.05, 0) is 66.8 Å². The Bertz CT molecular complexity index is 1280. The Morgan fingerprint density at radius 2 is 2.06 bits per heavy atom. The molecule has 1 aliphatic carbocycles. The maximum absolute atomic E-state index is 13.4. The number of aliphatic imine (C=N–C) groups is 1. The summed E-state index contributed by atoms with van der Waals surface area (Å²) in [5.41, 5.74) is 1.28. The molecule has 2 aromatic heterocycles. The van der Waals surface area contributed by atoms with Gasteiger partial charge in [0.25, 0.3) is 5.91 Å². The summed E-state index contributed by atoms with van der Waals surface area (Å²) in [4.78, 5) is 20.8. The van der Waals surface area contributed by atoms with Crippen LogP contribution in [0, 0.1) is 11.8 Å². The number of rotatable bonds is 6. The zero-order chi connectivity index (χ0) is 26.0. The molecule has 0 saturated heterocycles. The highest BCUT2D eigenvalue weighted by Crippen LogP contribution is 2.35. The monoisotopic (exact) mass is 518 g/mol. The van der Waals surface area contributed by atoms with Gasteiger partial charge in [0.2, 0.25) is 0 Å². The molecule has 0 bridgehead atoms. The van der Waals surface area contributed by atoms with Gasteiger partial charge < -0.3 is 9.88 Å². The van der Waals surface area contributed by atoms with Crippen LogP contribution in [0.2, 0.25) is 5.02 Å². The quantitative estimate of drug-likeness (QED) is 0.344. The van der Waals surface area contributed by atoms with E-state index < -0.39 is 11.9 Å². The number of hydrogen-bond donors (Lipinski definition) is 1. The molecule has 1 saturated carbocycles. The molecule has 1 aromatic carbocycles. The summed E-state index contributed by atoms with van der Waals surface area (Å²) in [6.07, 6.45) is 4.65. The molecule has 5 nitrogen and oxygen atoms in total. The van der Waals surface area contributed by atoms with Crippen LogP contribution in [0.15, 0.2) is 41.7 Å². The number of nitrogens with one attached hydrogen (secondary N) is 1. The van der Waals surface area contributed by atoms with Crippen molar-refractivity contribution in [1.29, 1.82) is 0 Å². The second-order valence-electron chi connectivity index (χ2n) is 9.92. The lowest BCUT2D eigenvalue weighted by Gasteiger charge is -2.27. The molecule has 1 fully saturated rings. The van der Waals surface area contributed by atoms with Crippen LogP contribution in [-0.2, 0) is 13.2 Å². The number of carbonyl (C=O) groups excluding carboxylic acids is 1. The number of carbonyl (C=O) groups is 1. The van der Waals surface area contributed by atoms with Gasteiger partial charge in [0.05, 0.1) is 11.1 Å². The zero-order valence-corrected chi connectivity index (χ0v) is 21.3. The van der Waals surface area contributed by atoms with Gasteiger partial charge in [0, 0.05) is 48.3 Å². The van der Waals surface area contributed by atoms with Gasteiger partial charge in [-0.25, -0.2) is 9.98 Å². The van der Waals surface area contributed by atoms with Gasteiger partial charge in [0.1, 0.15) is 5.69 Å². The van der Waals surface area contributed by atoms with Crippen molar-refractivity contribution in [3.63, 3.8) is 0 Å². The fraction of sp³-hybridized carbons (Fsp3) is 0.444. The predicted molar refractivity (Wildman–Crippen MR) is 138 cm³/mol. The van der Waals surface area contributed by atoms with Crippen LogP contribution in [0.5, 0.6) is 0 Å². The Balaban J connectivity index is 1.45. The number of aryl methyl sites for hydroxylation is 1. The van der Waals surface area contributed by atoms with E-state index in [9.17, 15) is 18.0 Å². The fourth-order valence-corrected chi connectivity index (χ4v) is 5.06. The average molecular weight is 519 g/mol. The summed E-state index contributed by atoms with van der Waals surface area (Å²) < 4.78 is 42.1. The fourth-order valence-electron chi connectivity index (χ4n) is 4.88. The molecule has 2 heterocycles. The number of alkyl halides is 3. The molecule has 0 aliphatic heterocycles. The van der Waals surface area contributed by atoms with Crippen LogP contribution >= 0.6 is 11.6 Å². The molecule has 2 atom stereocenters. The SMILES string of the molecule is CC(C)c1cn(C)cc1C(=O)/N=C\C1CCCC(CNc2cc(C(F)(F)F)nc3ccc(Cl)cc23)C1. The molecule has 3 aromatic rings. The highest BCUT2D eigenvalue weighted by atomic mass is 35.5. The molecule has 2 unspecified atom stereocenters. The summed E-state index contributed by atoms with van der Waals surface area (Å²) in [5.74, 6) is 0.377. The van der Waals surface area contributed by atoms with Crippen molar-refractivity contribution in [1.82, 2.24) is 9.55 Å². The average Bonchev–Trinajstić information content (AvgIpc) is 3.23. The number of anilines is 1. The van der Waals surface area contributed by atoms with Gasteiger partial charge in [-0.1, -0.05) is 31.9 Å². The normalized spacial score (nSPS) is 18.9. The molecule has 0 radical (unpaired) electrons. The highest BCUT2D eigenvalue weighted by Gasteiger charge is 2.33. The van der Waals surface area contributed by atoms with Crippen LogP contribution in [0.3, 0.4) is 0 Å². The van der Waals surface area contributed by atoms with E-state index in [1.807, 2.05) is 37.9 Å². The smallest absolute Gasteiger partial charge is 0.384 e. The third-order valence-corrected chi connectivity index (χ3v) is 6.94. The lowest BCUT2D eigenvalue weighted by atomic mass is 9.82. The van der Waals surface area contributed by atoms with Crippen molar-refractivity contribution in [3.8, 4) is 0 Å². The van der Waals surface area contributed by atoms with Gasteiger partial charge in [0.15, 0.2) is 0 Å². The van der Waals surface area contributed by atoms with E-state index >= 15 is 0 Å². The third-order valence-electron chi connectivity index (χ3n) is 6.71. The van der Waals surface area contributed by atoms with Crippen molar-refractivity contribution in [3.05, 3.63) is 58.5 Å². The van der Waals surface area contributed by atoms with Gasteiger partial charge in [-0.15, -0.1) is 0 Å². The van der Waals surface area contributed by atoms with Crippen LogP contribution < -0.4 is 5.32 Å². The minimum atomic E-state index is -4.54. The molecular weight excluding hydrogens is 489 g/mol. The second-order valence-corrected chi connectivity index (χ2v) is 10.4. The van der Waals surface area contributed by atoms with Crippen molar-refractivity contribution >= 4 is 40.3 Å². The number of pyridine rings is 1. The first-order chi connectivity index (χ1) is 17.0. The van der Waals surface area contributed by atoms with E-state index in [0.717, 1.165) is 37.3 Å². The Morgan fingerprint density at radius 1 is 1.28 bits per heavy atom. The molecule has 0 spiro atoms. The third kappa shape index (κ3) is 6.09. The van der Waals surface area contributed by atoms with E-state index in [2.05, 4.69) is 15.3 Å². The molecule has 9 heteroatoms. The number of fused-ring (bicyclic) bond motifs is 1. The molecule has 192 valence electrons. The summed E-state index contributed by atoms with van der Waals surface area (Å²) in [6.45, 7) is 4.61. The van der Waals surface area contributed by atoms with Crippen molar-refractivity contribution in [2.45, 2.75) is 51.6 Å². The van der Waals surface area contributed by atoms with Crippen LogP contribution in [-0.4, -0.2) is 28.2 Å². The van der Waals surface area contributed by atoms with Crippen LogP contribution in [0.1, 0.15) is 67.1 Å². The van der Waals surface area contributed by atoms with E-state index in [0.29, 0.717) is 28.2 Å². The van der Waals surface area contributed by atoms with Crippen molar-refractivity contribution in [2.24, 2.45) is 23.9 Å². The minimum absolute atomic E-state index is 0.148. The van der Waals surface area contributed by atoms with Crippen LogP contribution in [0.4, 0.5) is 18.9 Å². The lowest BCUT2D eigenvalue weighted by molar-refractivity contribution is -0.140. The molecule has 1 amide bonds. The van der Waals surface area contributed by atoms with Crippen molar-refractivity contribution in [2.75, 3.05) is 11.9 Å². The standard InChI is InChI=1S/C27H30ClF3N4O/c1-16(2)21-14-35(3)15-22(21)26(36)33-13-18-6-4-5-17(9-18)12-32-24-11-25(27(29,30)31)34-23-8-7-19(28)10-20(23)24/h7-8,10-11,13-18H,4-6,9,12H2,1-3H3,(H,32,34)/b33-13-. The van der Waals surface area contributed by atoms with E-state index in [1.165, 1.54) is 12.1 Å². The van der Waals surface area contributed by atoms with Gasteiger partial charge in [-0.2, -0.15) is 13.2 Å². The molecule has 36 heavy (non-hydrogen) atoms. The van der Waals surface area contributed by atoms with E-state index in [4.69, 9.17) is 11.6 Å². The van der Waals surface area contributed by atoms with E-state index in [1.54, 1.807) is 12.3 Å². The lowest BCUT2D eigenvalue weighted by Crippen LogP contribution is -2.23. The van der Waals surface area contributed by atoms with Gasteiger partial charge in [-0.3, -0.25) is 4.79 Å². The maximum Gasteiger partial charge on any atom is 0.433 e. The number of nitrogens with zero attached hydrogens (tertiary/aromatic N) is 3. The first-order valence-corrected chi connectivity index (χ1v) is 12.5. The van der Waals surface area contributed by atoms with E-state index in [-0.39, 0.29) is 29.2 Å². The first-order valence-electron chi connectivity index (χ1n) is 12.2.